The fourth-order valence-corrected chi connectivity index (χ4v) is 7.16. The molecule has 1 fully saturated rings. The van der Waals surface area contributed by atoms with Crippen LogP contribution in [0.4, 0.5) is 0 Å². The van der Waals surface area contributed by atoms with Gasteiger partial charge < -0.3 is 9.47 Å². The Hall–Kier alpha value is -1.32. The largest absolute Gasteiger partial charge is 0.466 e. The lowest BCUT2D eigenvalue weighted by Gasteiger charge is -2.55. The number of rotatable bonds is 8. The predicted octanol–water partition coefficient (Wildman–Crippen LogP) is 5.66. The molecule has 4 nitrogen and oxygen atoms in total. The highest BCUT2D eigenvalue weighted by Crippen LogP contribution is 2.75. The van der Waals surface area contributed by atoms with Crippen molar-refractivity contribution in [2.24, 2.45) is 46.3 Å². The first-order chi connectivity index (χ1) is 13.5. The molecule has 2 aliphatic carbocycles. The highest BCUT2D eigenvalue weighted by Gasteiger charge is 2.79. The average molecular weight is 407 g/mol. The summed E-state index contributed by atoms with van der Waals surface area (Å²) >= 11 is 0. The second-order valence-corrected chi connectivity index (χ2v) is 10.0. The van der Waals surface area contributed by atoms with Gasteiger partial charge in [0.25, 0.3) is 0 Å². The Morgan fingerprint density at radius 3 is 1.28 bits per heavy atom. The van der Waals surface area contributed by atoms with Crippen molar-refractivity contribution in [2.75, 3.05) is 13.2 Å². The molecular formula is C25H42O4. The molecule has 0 aliphatic heterocycles. The van der Waals surface area contributed by atoms with Crippen molar-refractivity contribution >= 4 is 11.9 Å². The van der Waals surface area contributed by atoms with Crippen LogP contribution in [0.3, 0.4) is 0 Å². The minimum atomic E-state index is -0.897. The molecule has 29 heavy (non-hydrogen) atoms. The van der Waals surface area contributed by atoms with Crippen molar-refractivity contribution in [2.45, 2.75) is 75.7 Å². The summed E-state index contributed by atoms with van der Waals surface area (Å²) in [7, 11) is 0. The average Bonchev–Trinajstić information content (AvgIpc) is 3.14. The van der Waals surface area contributed by atoms with Crippen molar-refractivity contribution in [1.82, 2.24) is 0 Å². The number of hydrogen-bond acceptors (Lipinski definition) is 4. The number of esters is 2. The number of fused-ring (bicyclic) bond motifs is 2. The van der Waals surface area contributed by atoms with Crippen molar-refractivity contribution in [3.63, 3.8) is 0 Å². The van der Waals surface area contributed by atoms with E-state index in [1.165, 1.54) is 11.1 Å². The molecule has 0 radical (unpaired) electrons. The Kier molecular flexibility index (Phi) is 6.96. The Labute approximate surface area is 177 Å². The minimum absolute atomic E-state index is 0.0238. The molecule has 0 amide bonds. The van der Waals surface area contributed by atoms with Gasteiger partial charge in [0.05, 0.1) is 24.0 Å². The maximum absolute atomic E-state index is 13.8. The van der Waals surface area contributed by atoms with Crippen LogP contribution >= 0.6 is 0 Å². The second-order valence-electron chi connectivity index (χ2n) is 10.0. The molecule has 1 saturated carbocycles. The lowest BCUT2D eigenvalue weighted by atomic mass is 9.46. The van der Waals surface area contributed by atoms with Crippen LogP contribution in [-0.4, -0.2) is 25.2 Å². The molecule has 0 spiro atoms. The maximum Gasteiger partial charge on any atom is 0.314 e. The Bertz CT molecular complexity index is 616. The third kappa shape index (κ3) is 2.99. The Morgan fingerprint density at radius 1 is 0.759 bits per heavy atom. The maximum atomic E-state index is 13.8. The van der Waals surface area contributed by atoms with E-state index in [2.05, 4.69) is 55.4 Å². The fourth-order valence-electron chi connectivity index (χ4n) is 7.16. The van der Waals surface area contributed by atoms with Gasteiger partial charge in [-0.3, -0.25) is 9.59 Å². The fraction of sp³-hybridized carbons (Fsp3) is 0.840. The SMILES string of the molecule is CCOC(=O)C1(C(C)C)C2CC(C(C(C)C)=C2C(C)C)C1(C(=O)OCC)C(C)C. The third-order valence-corrected chi connectivity index (χ3v) is 7.63. The van der Waals surface area contributed by atoms with Crippen molar-refractivity contribution in [3.8, 4) is 0 Å². The Balaban J connectivity index is 2.98. The van der Waals surface area contributed by atoms with Crippen LogP contribution in [0.15, 0.2) is 11.1 Å². The molecule has 0 heterocycles. The summed E-state index contributed by atoms with van der Waals surface area (Å²) in [6, 6.07) is 0. The zero-order chi connectivity index (χ0) is 22.3. The smallest absolute Gasteiger partial charge is 0.314 e. The molecule has 4 unspecified atom stereocenters. The molecule has 0 aromatic carbocycles. The van der Waals surface area contributed by atoms with Crippen molar-refractivity contribution in [1.29, 1.82) is 0 Å². The molecule has 4 heteroatoms. The quantitative estimate of drug-likeness (QED) is 0.386. The summed E-state index contributed by atoms with van der Waals surface area (Å²) in [5, 5.41) is 0. The summed E-state index contributed by atoms with van der Waals surface area (Å²) in [5.74, 6) is 0.211. The molecule has 4 atom stereocenters. The van der Waals surface area contributed by atoms with E-state index >= 15 is 0 Å². The van der Waals surface area contributed by atoms with Gasteiger partial charge in [0.1, 0.15) is 0 Å². The van der Waals surface area contributed by atoms with Gasteiger partial charge in [-0.15, -0.1) is 0 Å². The van der Waals surface area contributed by atoms with Gasteiger partial charge in [-0.1, -0.05) is 66.5 Å². The van der Waals surface area contributed by atoms with Crippen molar-refractivity contribution < 1.29 is 19.1 Å². The molecule has 166 valence electrons. The minimum Gasteiger partial charge on any atom is -0.466 e. The second kappa shape index (κ2) is 8.43. The number of carbonyl (C=O) groups excluding carboxylic acids is 2. The van der Waals surface area contributed by atoms with E-state index in [0.29, 0.717) is 25.0 Å². The molecule has 0 saturated heterocycles. The van der Waals surface area contributed by atoms with E-state index in [1.807, 2.05) is 13.8 Å². The topological polar surface area (TPSA) is 52.6 Å². The first-order valence-electron chi connectivity index (χ1n) is 11.6. The highest BCUT2D eigenvalue weighted by atomic mass is 16.5. The van der Waals surface area contributed by atoms with Crippen molar-refractivity contribution in [3.05, 3.63) is 11.1 Å². The van der Waals surface area contributed by atoms with Crippen LogP contribution in [0, 0.1) is 46.3 Å². The van der Waals surface area contributed by atoms with E-state index in [4.69, 9.17) is 9.47 Å². The highest BCUT2D eigenvalue weighted by molar-refractivity contribution is 5.92. The summed E-state index contributed by atoms with van der Waals surface area (Å²) in [6.45, 7) is 21.5. The molecular weight excluding hydrogens is 364 g/mol. The number of ether oxygens (including phenoxy) is 2. The molecule has 0 aromatic heterocycles. The third-order valence-electron chi connectivity index (χ3n) is 7.63. The van der Waals surface area contributed by atoms with Crippen LogP contribution in [0.25, 0.3) is 0 Å². The number of hydrogen-bond donors (Lipinski definition) is 0. The zero-order valence-electron chi connectivity index (χ0n) is 20.2. The Morgan fingerprint density at radius 2 is 1.07 bits per heavy atom. The standard InChI is InChI=1S/C25H42O4/c1-11-28-22(26)24(16(7)8)18-13-19(21(15(5)6)20(18)14(3)4)25(24,17(9)10)23(27)29-12-2/h14-19H,11-13H2,1-10H3. The molecule has 0 aromatic rings. The van der Waals surface area contributed by atoms with E-state index < -0.39 is 10.8 Å². The lowest BCUT2D eigenvalue weighted by molar-refractivity contribution is -0.196. The summed E-state index contributed by atoms with van der Waals surface area (Å²) in [6.07, 6.45) is 0.842. The van der Waals surface area contributed by atoms with Gasteiger partial charge in [0.15, 0.2) is 0 Å². The number of carbonyl (C=O) groups is 2. The van der Waals surface area contributed by atoms with Crippen LogP contribution in [0.2, 0.25) is 0 Å². The first-order valence-corrected chi connectivity index (χ1v) is 11.6. The molecule has 2 bridgehead atoms. The van der Waals surface area contributed by atoms with E-state index in [1.54, 1.807) is 0 Å². The van der Waals surface area contributed by atoms with E-state index in [0.717, 1.165) is 6.42 Å². The van der Waals surface area contributed by atoms with Crippen LogP contribution < -0.4 is 0 Å². The lowest BCUT2D eigenvalue weighted by Crippen LogP contribution is -2.63. The molecule has 2 rings (SSSR count). The van der Waals surface area contributed by atoms with E-state index in [9.17, 15) is 9.59 Å². The molecule has 0 N–H and O–H groups in total. The van der Waals surface area contributed by atoms with Gasteiger partial charge in [-0.2, -0.15) is 0 Å². The van der Waals surface area contributed by atoms with Gasteiger partial charge in [-0.05, 0) is 55.8 Å². The predicted molar refractivity (Wildman–Crippen MR) is 116 cm³/mol. The molecule has 2 aliphatic rings. The summed E-state index contributed by atoms with van der Waals surface area (Å²) < 4.78 is 11.5. The monoisotopic (exact) mass is 406 g/mol. The zero-order valence-corrected chi connectivity index (χ0v) is 20.2. The van der Waals surface area contributed by atoms with Gasteiger partial charge in [0, 0.05) is 0 Å². The van der Waals surface area contributed by atoms with Gasteiger partial charge in [0.2, 0.25) is 0 Å². The van der Waals surface area contributed by atoms with Gasteiger partial charge >= 0.3 is 11.9 Å². The van der Waals surface area contributed by atoms with Gasteiger partial charge in [-0.25, -0.2) is 0 Å². The summed E-state index contributed by atoms with van der Waals surface area (Å²) in [5.41, 5.74) is 0.970. The first kappa shape index (κ1) is 24.0. The number of allylic oxidation sites excluding steroid dienone is 2. The van der Waals surface area contributed by atoms with Crippen LogP contribution in [0.1, 0.15) is 75.7 Å². The van der Waals surface area contributed by atoms with Crippen LogP contribution in [0.5, 0.6) is 0 Å². The van der Waals surface area contributed by atoms with E-state index in [-0.39, 0.29) is 35.6 Å². The normalized spacial score (nSPS) is 31.5. The van der Waals surface area contributed by atoms with Crippen LogP contribution in [-0.2, 0) is 19.1 Å². The summed E-state index contributed by atoms with van der Waals surface area (Å²) in [4.78, 5) is 27.6.